The second-order valence-corrected chi connectivity index (χ2v) is 5.36. The van der Waals surface area contributed by atoms with E-state index in [0.717, 1.165) is 30.5 Å². The fourth-order valence-electron chi connectivity index (χ4n) is 1.83. The van der Waals surface area contributed by atoms with E-state index in [9.17, 15) is 13.2 Å². The molecule has 1 nitrogen and oxygen atoms in total. The van der Waals surface area contributed by atoms with E-state index in [2.05, 4.69) is 15.9 Å². The van der Waals surface area contributed by atoms with Gasteiger partial charge in [0.25, 0.3) is 0 Å². The van der Waals surface area contributed by atoms with E-state index in [0.29, 0.717) is 16.8 Å². The van der Waals surface area contributed by atoms with Crippen molar-refractivity contribution in [2.24, 2.45) is 11.7 Å². The highest BCUT2D eigenvalue weighted by Crippen LogP contribution is 2.35. The predicted molar refractivity (Wildman–Crippen MR) is 63.5 cm³/mol. The van der Waals surface area contributed by atoms with Gasteiger partial charge in [-0.15, -0.1) is 0 Å². The lowest BCUT2D eigenvalue weighted by Gasteiger charge is -2.13. The SMILES string of the molecule is NC(Cc1ccc(C(F)(F)F)cc1Br)C1CC1. The van der Waals surface area contributed by atoms with E-state index >= 15 is 0 Å². The topological polar surface area (TPSA) is 26.0 Å². The molecule has 5 heteroatoms. The molecule has 0 bridgehead atoms. The molecule has 1 aromatic rings. The standard InChI is InChI=1S/C12H13BrF3N/c13-10-6-9(12(14,15)16)4-3-8(10)5-11(17)7-1-2-7/h3-4,6-7,11H,1-2,5,17H2. The number of nitrogens with two attached hydrogens (primary N) is 1. The molecule has 2 rings (SSSR count). The second kappa shape index (κ2) is 4.61. The summed E-state index contributed by atoms with van der Waals surface area (Å²) < 4.78 is 37.9. The van der Waals surface area contributed by atoms with Gasteiger partial charge in [0.2, 0.25) is 0 Å². The maximum Gasteiger partial charge on any atom is 0.416 e. The summed E-state index contributed by atoms with van der Waals surface area (Å²) in [5, 5.41) is 0. The average molecular weight is 308 g/mol. The highest BCUT2D eigenvalue weighted by atomic mass is 79.9. The summed E-state index contributed by atoms with van der Waals surface area (Å²) in [4.78, 5) is 0. The summed E-state index contributed by atoms with van der Waals surface area (Å²) in [5.74, 6) is 0.546. The van der Waals surface area contributed by atoms with Gasteiger partial charge in [-0.25, -0.2) is 0 Å². The fourth-order valence-corrected chi connectivity index (χ4v) is 2.37. The van der Waals surface area contributed by atoms with Crippen LogP contribution in [0.3, 0.4) is 0 Å². The van der Waals surface area contributed by atoms with Crippen LogP contribution in [0.15, 0.2) is 22.7 Å². The minimum atomic E-state index is -4.29. The Kier molecular flexibility index (Phi) is 3.50. The number of hydrogen-bond acceptors (Lipinski definition) is 1. The van der Waals surface area contributed by atoms with Crippen molar-refractivity contribution in [3.63, 3.8) is 0 Å². The van der Waals surface area contributed by atoms with Crippen molar-refractivity contribution in [3.05, 3.63) is 33.8 Å². The Morgan fingerprint density at radius 3 is 2.47 bits per heavy atom. The van der Waals surface area contributed by atoms with Gasteiger partial charge in [0.1, 0.15) is 0 Å². The number of halogens is 4. The van der Waals surface area contributed by atoms with Crippen LogP contribution in [0.1, 0.15) is 24.0 Å². The van der Waals surface area contributed by atoms with Crippen LogP contribution in [0.25, 0.3) is 0 Å². The first-order valence-corrected chi connectivity index (χ1v) is 6.28. The molecule has 1 unspecified atom stereocenters. The number of benzene rings is 1. The molecule has 1 fully saturated rings. The zero-order valence-corrected chi connectivity index (χ0v) is 10.7. The Bertz CT molecular complexity index is 413. The third kappa shape index (κ3) is 3.22. The van der Waals surface area contributed by atoms with Gasteiger partial charge in [0.15, 0.2) is 0 Å². The van der Waals surface area contributed by atoms with Gasteiger partial charge >= 0.3 is 6.18 Å². The third-order valence-corrected chi connectivity index (χ3v) is 3.80. The Labute approximate surface area is 106 Å². The summed E-state index contributed by atoms with van der Waals surface area (Å²) in [5.41, 5.74) is 6.17. The third-order valence-electron chi connectivity index (χ3n) is 3.06. The van der Waals surface area contributed by atoms with Gasteiger partial charge in [-0.1, -0.05) is 22.0 Å². The van der Waals surface area contributed by atoms with E-state index in [-0.39, 0.29) is 6.04 Å². The smallest absolute Gasteiger partial charge is 0.327 e. The minimum absolute atomic E-state index is 0.0584. The van der Waals surface area contributed by atoms with Crippen molar-refractivity contribution in [2.75, 3.05) is 0 Å². The van der Waals surface area contributed by atoms with E-state index in [1.807, 2.05) is 0 Å². The van der Waals surface area contributed by atoms with Crippen LogP contribution in [0.4, 0.5) is 13.2 Å². The van der Waals surface area contributed by atoms with Crippen LogP contribution in [0.5, 0.6) is 0 Å². The molecule has 0 spiro atoms. The average Bonchev–Trinajstić information content (AvgIpc) is 3.02. The highest BCUT2D eigenvalue weighted by molar-refractivity contribution is 9.10. The molecule has 94 valence electrons. The van der Waals surface area contributed by atoms with Crippen molar-refractivity contribution in [1.29, 1.82) is 0 Å². The Morgan fingerprint density at radius 1 is 1.35 bits per heavy atom. The maximum absolute atomic E-state index is 12.5. The molecule has 0 amide bonds. The van der Waals surface area contributed by atoms with Crippen molar-refractivity contribution >= 4 is 15.9 Å². The molecule has 1 aromatic carbocycles. The van der Waals surface area contributed by atoms with Gasteiger partial charge in [-0.2, -0.15) is 13.2 Å². The fraction of sp³-hybridized carbons (Fsp3) is 0.500. The molecule has 0 radical (unpaired) electrons. The Morgan fingerprint density at radius 2 is 2.00 bits per heavy atom. The number of alkyl halides is 3. The molecular weight excluding hydrogens is 295 g/mol. The highest BCUT2D eigenvalue weighted by Gasteiger charge is 2.32. The molecule has 1 saturated carbocycles. The first-order chi connectivity index (χ1) is 7.88. The summed E-state index contributed by atoms with van der Waals surface area (Å²) >= 11 is 3.18. The van der Waals surface area contributed by atoms with E-state index in [1.165, 1.54) is 6.07 Å². The lowest BCUT2D eigenvalue weighted by molar-refractivity contribution is -0.137. The lowest BCUT2D eigenvalue weighted by Crippen LogP contribution is -2.25. The van der Waals surface area contributed by atoms with Crippen molar-refractivity contribution in [3.8, 4) is 0 Å². The summed E-state index contributed by atoms with van der Waals surface area (Å²) in [7, 11) is 0. The molecule has 17 heavy (non-hydrogen) atoms. The van der Waals surface area contributed by atoms with Crippen LogP contribution in [0.2, 0.25) is 0 Å². The van der Waals surface area contributed by atoms with E-state index in [1.54, 1.807) is 0 Å². The zero-order valence-electron chi connectivity index (χ0n) is 9.10. The molecule has 0 aliphatic heterocycles. The molecule has 1 aliphatic carbocycles. The summed E-state index contributed by atoms with van der Waals surface area (Å²) in [6.45, 7) is 0. The zero-order chi connectivity index (χ0) is 12.6. The van der Waals surface area contributed by atoms with Gasteiger partial charge < -0.3 is 5.73 Å². The van der Waals surface area contributed by atoms with Crippen LogP contribution in [-0.4, -0.2) is 6.04 Å². The first-order valence-electron chi connectivity index (χ1n) is 5.49. The molecular formula is C12H13BrF3N. The van der Waals surface area contributed by atoms with E-state index < -0.39 is 11.7 Å². The molecule has 1 atom stereocenters. The molecule has 0 heterocycles. The minimum Gasteiger partial charge on any atom is -0.327 e. The Balaban J connectivity index is 2.13. The van der Waals surface area contributed by atoms with Crippen LogP contribution >= 0.6 is 15.9 Å². The quantitative estimate of drug-likeness (QED) is 0.904. The van der Waals surface area contributed by atoms with Crippen LogP contribution < -0.4 is 5.73 Å². The summed E-state index contributed by atoms with van der Waals surface area (Å²) in [6.07, 6.45) is -1.39. The van der Waals surface area contributed by atoms with Crippen molar-refractivity contribution in [2.45, 2.75) is 31.5 Å². The van der Waals surface area contributed by atoms with Gasteiger partial charge in [-0.3, -0.25) is 0 Å². The van der Waals surface area contributed by atoms with E-state index in [4.69, 9.17) is 5.73 Å². The van der Waals surface area contributed by atoms with Gasteiger partial charge in [0.05, 0.1) is 5.56 Å². The van der Waals surface area contributed by atoms with Crippen LogP contribution in [0, 0.1) is 5.92 Å². The van der Waals surface area contributed by atoms with Gasteiger partial charge in [0, 0.05) is 10.5 Å². The van der Waals surface area contributed by atoms with Crippen molar-refractivity contribution in [1.82, 2.24) is 0 Å². The molecule has 0 saturated heterocycles. The molecule has 0 aromatic heterocycles. The van der Waals surface area contributed by atoms with Crippen molar-refractivity contribution < 1.29 is 13.2 Å². The number of hydrogen-bond donors (Lipinski definition) is 1. The predicted octanol–water partition coefficient (Wildman–Crippen LogP) is 3.75. The molecule has 1 aliphatic rings. The lowest BCUT2D eigenvalue weighted by atomic mass is 10.0. The van der Waals surface area contributed by atoms with Crippen LogP contribution in [-0.2, 0) is 12.6 Å². The number of rotatable bonds is 3. The molecule has 2 N–H and O–H groups in total. The monoisotopic (exact) mass is 307 g/mol. The largest absolute Gasteiger partial charge is 0.416 e. The second-order valence-electron chi connectivity index (χ2n) is 4.51. The normalized spacial score (nSPS) is 18.2. The first kappa shape index (κ1) is 12.9. The maximum atomic E-state index is 12.5. The van der Waals surface area contributed by atoms with Gasteiger partial charge in [-0.05, 0) is 42.9 Å². The Hall–Kier alpha value is -0.550. The summed E-state index contributed by atoms with van der Waals surface area (Å²) in [6, 6.07) is 3.80.